The molecule has 0 radical (unpaired) electrons. The molecule has 0 aliphatic rings. The highest BCUT2D eigenvalue weighted by atomic mass is 79.9. The molecule has 0 unspecified atom stereocenters. The normalized spacial score (nSPS) is 11.6. The van der Waals surface area contributed by atoms with Gasteiger partial charge in [-0.3, -0.25) is 0 Å². The van der Waals surface area contributed by atoms with E-state index in [2.05, 4.69) is 15.9 Å². The molecule has 1 heterocycles. The highest BCUT2D eigenvalue weighted by Gasteiger charge is 2.19. The zero-order valence-electron chi connectivity index (χ0n) is 20.7. The molecule has 1 amide bonds. The summed E-state index contributed by atoms with van der Waals surface area (Å²) >= 11 is 3.50. The van der Waals surface area contributed by atoms with Crippen LogP contribution in [0.5, 0.6) is 5.75 Å². The molecule has 3 aromatic rings. The Bertz CT molecular complexity index is 1140. The van der Waals surface area contributed by atoms with E-state index in [1.807, 2.05) is 62.8 Å². The highest BCUT2D eigenvalue weighted by Crippen LogP contribution is 2.34. The fraction of sp³-hybridized carbons (Fsp3) is 0.444. The van der Waals surface area contributed by atoms with Gasteiger partial charge in [-0.15, -0.1) is 0 Å². The van der Waals surface area contributed by atoms with Crippen molar-refractivity contribution in [2.24, 2.45) is 7.05 Å². The van der Waals surface area contributed by atoms with Crippen molar-refractivity contribution in [3.05, 3.63) is 52.9 Å². The first kappa shape index (κ1) is 26.1. The molecule has 3 rings (SSSR count). The third-order valence-electron chi connectivity index (χ3n) is 5.55. The van der Waals surface area contributed by atoms with Crippen LogP contribution >= 0.6 is 15.9 Å². The van der Waals surface area contributed by atoms with Crippen molar-refractivity contribution in [3.8, 4) is 16.9 Å². The van der Waals surface area contributed by atoms with Crippen LogP contribution in [0.15, 0.2) is 47.1 Å². The lowest BCUT2D eigenvalue weighted by Crippen LogP contribution is -2.34. The number of carbonyl (C=O) groups excluding carboxylic acids is 1. The van der Waals surface area contributed by atoms with Crippen LogP contribution in [-0.4, -0.2) is 41.4 Å². The van der Waals surface area contributed by atoms with Gasteiger partial charge < -0.3 is 18.9 Å². The Hall–Kier alpha value is -2.54. The van der Waals surface area contributed by atoms with E-state index in [1.165, 1.54) is 6.07 Å². The van der Waals surface area contributed by atoms with Gasteiger partial charge in [-0.25, -0.2) is 9.18 Å². The summed E-state index contributed by atoms with van der Waals surface area (Å²) in [5.41, 5.74) is 1.99. The van der Waals surface area contributed by atoms with Gasteiger partial charge in [-0.2, -0.15) is 0 Å². The van der Waals surface area contributed by atoms with Gasteiger partial charge in [0.15, 0.2) is 0 Å². The van der Waals surface area contributed by atoms with E-state index in [0.29, 0.717) is 24.5 Å². The number of fused-ring (bicyclic) bond motifs is 1. The van der Waals surface area contributed by atoms with Gasteiger partial charge in [0.05, 0.1) is 6.61 Å². The number of aryl methyl sites for hydroxylation is 1. The fourth-order valence-electron chi connectivity index (χ4n) is 3.80. The molecule has 2 aromatic carbocycles. The summed E-state index contributed by atoms with van der Waals surface area (Å²) in [6.45, 7) is 6.78. The number of benzene rings is 2. The van der Waals surface area contributed by atoms with Crippen LogP contribution in [0.25, 0.3) is 22.0 Å². The van der Waals surface area contributed by atoms with Gasteiger partial charge in [0.25, 0.3) is 0 Å². The van der Waals surface area contributed by atoms with Crippen molar-refractivity contribution < 1.29 is 18.7 Å². The minimum absolute atomic E-state index is 0.293. The Morgan fingerprint density at radius 2 is 1.79 bits per heavy atom. The number of carbonyl (C=O) groups is 1. The van der Waals surface area contributed by atoms with Gasteiger partial charge in [-0.1, -0.05) is 34.8 Å². The number of nitrogens with zero attached hydrogens (tertiary/aromatic N) is 2. The van der Waals surface area contributed by atoms with Gasteiger partial charge in [-0.05, 0) is 57.9 Å². The molecule has 0 atom stereocenters. The average molecular weight is 533 g/mol. The van der Waals surface area contributed by atoms with Crippen LogP contribution in [0, 0.1) is 5.82 Å². The first-order valence-electron chi connectivity index (χ1n) is 11.7. The van der Waals surface area contributed by atoms with E-state index in [9.17, 15) is 9.18 Å². The van der Waals surface area contributed by atoms with Gasteiger partial charge in [0.1, 0.15) is 17.2 Å². The van der Waals surface area contributed by atoms with Crippen molar-refractivity contribution in [1.82, 2.24) is 9.47 Å². The van der Waals surface area contributed by atoms with Crippen LogP contribution in [0.2, 0.25) is 0 Å². The van der Waals surface area contributed by atoms with Crippen LogP contribution in [0.3, 0.4) is 0 Å². The number of ether oxygens (including phenoxy) is 2. The predicted molar refractivity (Wildman–Crippen MR) is 139 cm³/mol. The first-order chi connectivity index (χ1) is 16.0. The minimum atomic E-state index is -0.480. The fourth-order valence-corrected chi connectivity index (χ4v) is 4.15. The Kier molecular flexibility index (Phi) is 8.63. The Morgan fingerprint density at radius 1 is 1.06 bits per heavy atom. The molecule has 1 aromatic heterocycles. The van der Waals surface area contributed by atoms with E-state index in [1.54, 1.807) is 18.0 Å². The van der Waals surface area contributed by atoms with Crippen molar-refractivity contribution in [3.63, 3.8) is 0 Å². The molecule has 184 valence electrons. The number of halogens is 2. The lowest BCUT2D eigenvalue weighted by atomic mass is 10.0. The number of aromatic nitrogens is 1. The largest absolute Gasteiger partial charge is 0.493 e. The first-order valence-corrected chi connectivity index (χ1v) is 12.5. The molecule has 0 aliphatic heterocycles. The van der Waals surface area contributed by atoms with Gasteiger partial charge in [0.2, 0.25) is 0 Å². The second-order valence-electron chi connectivity index (χ2n) is 9.62. The average Bonchev–Trinajstić information content (AvgIpc) is 3.07. The number of hydrogen-bond donors (Lipinski definition) is 0. The number of unbranched alkanes of at least 4 members (excludes halogenated alkanes) is 3. The van der Waals surface area contributed by atoms with Crippen molar-refractivity contribution >= 4 is 32.9 Å². The monoisotopic (exact) mass is 532 g/mol. The number of amides is 1. The van der Waals surface area contributed by atoms with Crippen molar-refractivity contribution in [2.75, 3.05) is 20.2 Å². The molecule has 34 heavy (non-hydrogen) atoms. The lowest BCUT2D eigenvalue weighted by Gasteiger charge is -2.24. The summed E-state index contributed by atoms with van der Waals surface area (Å²) in [6.07, 6.45) is 5.40. The Morgan fingerprint density at radius 3 is 2.50 bits per heavy atom. The second kappa shape index (κ2) is 11.3. The minimum Gasteiger partial charge on any atom is -0.493 e. The van der Waals surface area contributed by atoms with E-state index in [4.69, 9.17) is 9.47 Å². The molecule has 0 N–H and O–H groups in total. The summed E-state index contributed by atoms with van der Waals surface area (Å²) in [5.74, 6) is 0.243. The summed E-state index contributed by atoms with van der Waals surface area (Å²) < 4.78 is 29.0. The lowest BCUT2D eigenvalue weighted by molar-refractivity contribution is 0.0296. The van der Waals surface area contributed by atoms with Gasteiger partial charge in [0, 0.05) is 59.4 Å². The zero-order chi connectivity index (χ0) is 24.9. The molecule has 0 spiro atoms. The second-order valence-corrected chi connectivity index (χ2v) is 10.5. The van der Waals surface area contributed by atoms with E-state index in [-0.39, 0.29) is 11.9 Å². The van der Waals surface area contributed by atoms with E-state index < -0.39 is 5.60 Å². The molecule has 0 saturated carbocycles. The highest BCUT2D eigenvalue weighted by molar-refractivity contribution is 9.10. The third kappa shape index (κ3) is 6.98. The SMILES string of the molecule is CN(CCCCCCOc1ccc(-c2cn(C)c3cc(Br)ccc23)c(F)c1)C(=O)OC(C)(C)C. The quantitative estimate of drug-likeness (QED) is 0.267. The molecule has 0 bridgehead atoms. The topological polar surface area (TPSA) is 43.7 Å². The molecular formula is C27H34BrFN2O3. The van der Waals surface area contributed by atoms with Gasteiger partial charge >= 0.3 is 6.09 Å². The van der Waals surface area contributed by atoms with Crippen LogP contribution in [0.4, 0.5) is 9.18 Å². The third-order valence-corrected chi connectivity index (χ3v) is 6.04. The standard InChI is InChI=1S/C27H34BrFN2O3/c1-27(2,3)34-26(32)30(4)14-8-6-7-9-15-33-20-11-13-21(24(29)17-20)23-18-31(5)25-16-19(28)10-12-22(23)25/h10-13,16-18H,6-9,14-15H2,1-5H3. The summed E-state index contributed by atoms with van der Waals surface area (Å²) in [7, 11) is 3.72. The Labute approximate surface area is 210 Å². The zero-order valence-corrected chi connectivity index (χ0v) is 22.2. The van der Waals surface area contributed by atoms with Crippen LogP contribution < -0.4 is 4.74 Å². The molecule has 5 nitrogen and oxygen atoms in total. The predicted octanol–water partition coefficient (Wildman–Crippen LogP) is 7.55. The summed E-state index contributed by atoms with van der Waals surface area (Å²) in [5, 5.41) is 1.01. The maximum absolute atomic E-state index is 14.9. The smallest absolute Gasteiger partial charge is 0.410 e. The van der Waals surface area contributed by atoms with E-state index >= 15 is 0 Å². The maximum Gasteiger partial charge on any atom is 0.410 e. The number of rotatable bonds is 9. The Balaban J connectivity index is 1.44. The van der Waals surface area contributed by atoms with E-state index in [0.717, 1.165) is 46.6 Å². The number of hydrogen-bond acceptors (Lipinski definition) is 3. The van der Waals surface area contributed by atoms with Crippen LogP contribution in [-0.2, 0) is 11.8 Å². The van der Waals surface area contributed by atoms with Crippen LogP contribution in [0.1, 0.15) is 46.5 Å². The molecule has 7 heteroatoms. The molecule has 0 aliphatic carbocycles. The summed E-state index contributed by atoms with van der Waals surface area (Å²) in [4.78, 5) is 13.6. The van der Waals surface area contributed by atoms with Crippen molar-refractivity contribution in [2.45, 2.75) is 52.1 Å². The maximum atomic E-state index is 14.9. The molecular weight excluding hydrogens is 499 g/mol. The van der Waals surface area contributed by atoms with Crippen molar-refractivity contribution in [1.29, 1.82) is 0 Å². The molecule has 0 saturated heterocycles. The molecule has 0 fully saturated rings. The summed E-state index contributed by atoms with van der Waals surface area (Å²) in [6, 6.07) is 11.1.